The largest absolute Gasteiger partial charge is 1.00 e. The van der Waals surface area contributed by atoms with Gasteiger partial charge in [0, 0.05) is 11.1 Å². The summed E-state index contributed by atoms with van der Waals surface area (Å²) in [5.74, 6) is -3.35. The van der Waals surface area contributed by atoms with E-state index in [2.05, 4.69) is 20.3 Å². The first-order chi connectivity index (χ1) is 13.7. The fraction of sp³-hybridized carbons (Fsp3) is 0.357. The number of nitrogens with two attached hydrogens (primary N) is 1. The topological polar surface area (TPSA) is 170 Å². The molecule has 156 valence electrons. The van der Waals surface area contributed by atoms with E-state index in [9.17, 15) is 33.4 Å². The van der Waals surface area contributed by atoms with E-state index in [1.54, 1.807) is 0 Å². The molecule has 3 heterocycles. The molecule has 0 radical (unpaired) electrons. The number of β-lactam (4-membered cyclic amide) rings is 1. The maximum Gasteiger partial charge on any atom is 1.00 e. The average molecular weight is 471 g/mol. The van der Waals surface area contributed by atoms with E-state index in [1.807, 2.05) is 0 Å². The van der Waals surface area contributed by atoms with Crippen LogP contribution in [-0.4, -0.2) is 68.9 Å². The molecule has 30 heavy (non-hydrogen) atoms. The number of carboxylic acid groups (broad SMARTS) is 1. The number of halogens is 2. The Hall–Kier alpha value is -1.78. The number of nitrogens with zero attached hydrogens (tertiary/aromatic N) is 3. The molecule has 2 aliphatic rings. The van der Waals surface area contributed by atoms with Gasteiger partial charge in [-0.15, -0.1) is 23.1 Å². The van der Waals surface area contributed by atoms with E-state index in [4.69, 9.17) is 5.73 Å². The van der Waals surface area contributed by atoms with Gasteiger partial charge in [-0.3, -0.25) is 14.5 Å². The van der Waals surface area contributed by atoms with Gasteiger partial charge in [0.25, 0.3) is 11.8 Å². The van der Waals surface area contributed by atoms with Crippen molar-refractivity contribution in [3.8, 4) is 0 Å². The Labute approximate surface area is 197 Å². The predicted octanol–water partition coefficient (Wildman–Crippen LogP) is -4.93. The molecule has 0 aliphatic carbocycles. The molecule has 16 heteroatoms. The zero-order valence-electron chi connectivity index (χ0n) is 15.2. The quantitative estimate of drug-likeness (QED) is 0.153. The van der Waals surface area contributed by atoms with Crippen molar-refractivity contribution in [3.05, 3.63) is 22.3 Å². The number of aliphatic carboxylic acids is 1. The number of carbonyl (C=O) groups excluding carboxylic acids is 3. The van der Waals surface area contributed by atoms with E-state index in [1.165, 1.54) is 5.38 Å². The van der Waals surface area contributed by atoms with Crippen molar-refractivity contribution >= 4 is 51.7 Å². The molecule has 11 nitrogen and oxygen atoms in total. The molecule has 3 rings (SSSR count). The number of aromatic nitrogens is 1. The van der Waals surface area contributed by atoms with Gasteiger partial charge in [0.05, 0.1) is 18.3 Å². The van der Waals surface area contributed by atoms with Gasteiger partial charge in [-0.25, -0.2) is 4.98 Å². The van der Waals surface area contributed by atoms with E-state index < -0.39 is 53.8 Å². The minimum absolute atomic E-state index is 0. The number of nitrogens with one attached hydrogen (secondary N) is 1. The molecule has 2 aliphatic heterocycles. The standard InChI is InChI=1S/C14H13F2N5O6S2.Na/c15-13(16)27-20-6(5-3-29-14(17)18-5)9(23)19-7-10(24)21-8(12(25)26)4(1-22)2-28-11(7)21;/h3,7,11,13,22H,1-2H2,(H2,17,18)(H,19,23)(H,25,26);/q;+1/p-1/t7?,11-;/m1./s1. The van der Waals surface area contributed by atoms with Crippen LogP contribution < -0.4 is 45.7 Å². The van der Waals surface area contributed by atoms with Crippen molar-refractivity contribution < 1.29 is 67.8 Å². The third kappa shape index (κ3) is 4.76. The molecule has 0 saturated carbocycles. The second-order valence-corrected chi connectivity index (χ2v) is 7.63. The smallest absolute Gasteiger partial charge is 0.543 e. The van der Waals surface area contributed by atoms with Crippen LogP contribution in [0.3, 0.4) is 0 Å². The normalized spacial score (nSPS) is 21.0. The van der Waals surface area contributed by atoms with Gasteiger partial charge < -0.3 is 30.9 Å². The number of carbonyl (C=O) groups is 3. The van der Waals surface area contributed by atoms with Gasteiger partial charge in [-0.1, -0.05) is 5.16 Å². The number of rotatable bonds is 7. The van der Waals surface area contributed by atoms with Crippen LogP contribution in [0.1, 0.15) is 5.69 Å². The zero-order chi connectivity index (χ0) is 21.3. The van der Waals surface area contributed by atoms with Crippen molar-refractivity contribution in [2.75, 3.05) is 18.1 Å². The summed E-state index contributed by atoms with van der Waals surface area (Å²) in [6.45, 7) is -3.87. The first-order valence-corrected chi connectivity index (χ1v) is 9.70. The summed E-state index contributed by atoms with van der Waals surface area (Å²) in [6.07, 6.45) is 0. The third-order valence-corrected chi connectivity index (χ3v) is 5.93. The summed E-state index contributed by atoms with van der Waals surface area (Å²) in [7, 11) is 0. The van der Waals surface area contributed by atoms with Crippen LogP contribution in [0, 0.1) is 0 Å². The van der Waals surface area contributed by atoms with Crippen molar-refractivity contribution in [1.29, 1.82) is 0 Å². The number of aliphatic hydroxyl groups is 1. The molecule has 4 N–H and O–H groups in total. The molecular formula is C14H12F2N5NaO6S2. The van der Waals surface area contributed by atoms with Gasteiger partial charge in [0.1, 0.15) is 17.1 Å². The first-order valence-electron chi connectivity index (χ1n) is 7.77. The van der Waals surface area contributed by atoms with Crippen LogP contribution in [0.15, 0.2) is 21.8 Å². The Morgan fingerprint density at radius 2 is 2.23 bits per heavy atom. The van der Waals surface area contributed by atoms with E-state index in [-0.39, 0.29) is 51.7 Å². The number of alkyl halides is 2. The Morgan fingerprint density at radius 3 is 2.77 bits per heavy atom. The fourth-order valence-electron chi connectivity index (χ4n) is 2.70. The molecule has 1 aromatic heterocycles. The summed E-state index contributed by atoms with van der Waals surface area (Å²) in [6, 6.07) is -1.16. The number of amides is 2. The van der Waals surface area contributed by atoms with Crippen LogP contribution in [0.5, 0.6) is 0 Å². The molecule has 1 saturated heterocycles. The van der Waals surface area contributed by atoms with Gasteiger partial charge >= 0.3 is 36.2 Å². The number of nitrogen functional groups attached to an aromatic ring is 1. The predicted molar refractivity (Wildman–Crippen MR) is 94.3 cm³/mol. The van der Waals surface area contributed by atoms with Crippen LogP contribution in [0.4, 0.5) is 13.9 Å². The summed E-state index contributed by atoms with van der Waals surface area (Å²) >= 11 is 2.04. The minimum Gasteiger partial charge on any atom is -0.543 e. The van der Waals surface area contributed by atoms with E-state index in [0.717, 1.165) is 28.0 Å². The number of oxime groups is 1. The summed E-state index contributed by atoms with van der Waals surface area (Å²) in [5, 5.41) is 26.5. The number of fused-ring (bicyclic) bond motifs is 1. The number of hydrogen-bond acceptors (Lipinski definition) is 11. The number of aliphatic hydroxyl groups excluding tert-OH is 1. The third-order valence-electron chi connectivity index (χ3n) is 3.92. The molecule has 0 spiro atoms. The van der Waals surface area contributed by atoms with E-state index in [0.29, 0.717) is 0 Å². The minimum atomic E-state index is -3.30. The van der Waals surface area contributed by atoms with Gasteiger partial charge in [-0.2, -0.15) is 8.78 Å². The fourth-order valence-corrected chi connectivity index (χ4v) is 4.58. The van der Waals surface area contributed by atoms with Gasteiger partial charge in [0.2, 0.25) is 0 Å². The van der Waals surface area contributed by atoms with Gasteiger partial charge in [0.15, 0.2) is 10.8 Å². The Balaban J connectivity index is 0.00000320. The SMILES string of the molecule is Nc1nc(C(=NOC(F)F)C(=O)NC2C(=O)N3C(C(=O)[O-])=C(CO)CS[C@H]23)cs1.[Na+]. The molecule has 0 bridgehead atoms. The average Bonchev–Trinajstić information content (AvgIpc) is 3.10. The van der Waals surface area contributed by atoms with Crippen molar-refractivity contribution in [1.82, 2.24) is 15.2 Å². The van der Waals surface area contributed by atoms with Crippen LogP contribution in [0.25, 0.3) is 0 Å². The molecular weight excluding hydrogens is 459 g/mol. The second-order valence-electron chi connectivity index (χ2n) is 5.64. The second kappa shape index (κ2) is 10.0. The number of hydrogen-bond donors (Lipinski definition) is 3. The number of anilines is 1. The van der Waals surface area contributed by atoms with Crippen molar-refractivity contribution in [3.63, 3.8) is 0 Å². The molecule has 2 amide bonds. The summed E-state index contributed by atoms with van der Waals surface area (Å²) in [5.41, 5.74) is 4.36. The van der Waals surface area contributed by atoms with Crippen LogP contribution >= 0.6 is 23.1 Å². The number of thiazole rings is 1. The number of thioether (sulfide) groups is 1. The molecule has 0 aromatic carbocycles. The zero-order valence-corrected chi connectivity index (χ0v) is 18.8. The van der Waals surface area contributed by atoms with Crippen LogP contribution in [0.2, 0.25) is 0 Å². The Bertz CT molecular complexity index is 926. The van der Waals surface area contributed by atoms with Crippen molar-refractivity contribution in [2.24, 2.45) is 5.16 Å². The first kappa shape index (κ1) is 24.5. The summed E-state index contributed by atoms with van der Waals surface area (Å²) < 4.78 is 24.7. The summed E-state index contributed by atoms with van der Waals surface area (Å²) in [4.78, 5) is 44.8. The Kier molecular flexibility index (Phi) is 8.18. The van der Waals surface area contributed by atoms with Crippen molar-refractivity contribution in [2.45, 2.75) is 18.0 Å². The Morgan fingerprint density at radius 1 is 1.53 bits per heavy atom. The maximum atomic E-state index is 12.5. The van der Waals surface area contributed by atoms with Crippen LogP contribution in [-0.2, 0) is 19.2 Å². The maximum absolute atomic E-state index is 12.5. The molecule has 2 atom stereocenters. The molecule has 1 unspecified atom stereocenters. The van der Waals surface area contributed by atoms with Gasteiger partial charge in [-0.05, 0) is 5.57 Å². The molecule has 1 fully saturated rings. The number of carboxylic acids is 1. The monoisotopic (exact) mass is 471 g/mol. The molecule has 1 aromatic rings. The van der Waals surface area contributed by atoms with E-state index >= 15 is 0 Å².